The summed E-state index contributed by atoms with van der Waals surface area (Å²) in [4.78, 5) is 4.53. The zero-order valence-electron chi connectivity index (χ0n) is 12.2. The van der Waals surface area contributed by atoms with Crippen molar-refractivity contribution in [3.05, 3.63) is 71.0 Å². The Morgan fingerprint density at radius 2 is 1.76 bits per heavy atom. The molecule has 0 saturated heterocycles. The normalized spacial score (nSPS) is 12.3. The first kappa shape index (κ1) is 13.5. The molecule has 0 aliphatic heterocycles. The number of aryl methyl sites for hydroxylation is 2. The first-order valence-corrected chi connectivity index (χ1v) is 6.95. The number of aromatic nitrogens is 3. The van der Waals surface area contributed by atoms with Crippen LogP contribution in [0.25, 0.3) is 11.4 Å². The van der Waals surface area contributed by atoms with Gasteiger partial charge in [0.15, 0.2) is 5.82 Å². The summed E-state index contributed by atoms with van der Waals surface area (Å²) in [7, 11) is 0. The molecule has 106 valence electrons. The van der Waals surface area contributed by atoms with Crippen LogP contribution in [0.15, 0.2) is 48.5 Å². The highest BCUT2D eigenvalue weighted by Crippen LogP contribution is 2.21. The van der Waals surface area contributed by atoms with Gasteiger partial charge in [0, 0.05) is 5.56 Å². The zero-order valence-corrected chi connectivity index (χ0v) is 12.2. The first-order valence-electron chi connectivity index (χ1n) is 6.95. The number of hydrogen-bond donors (Lipinski definition) is 2. The van der Waals surface area contributed by atoms with Crippen molar-refractivity contribution in [1.29, 1.82) is 0 Å². The van der Waals surface area contributed by atoms with Crippen LogP contribution in [0.1, 0.15) is 28.6 Å². The van der Waals surface area contributed by atoms with Gasteiger partial charge < -0.3 is 5.73 Å². The van der Waals surface area contributed by atoms with E-state index in [1.54, 1.807) is 0 Å². The smallest absolute Gasteiger partial charge is 0.181 e. The molecule has 3 N–H and O–H groups in total. The molecule has 0 fully saturated rings. The minimum Gasteiger partial charge on any atom is -0.318 e. The highest BCUT2D eigenvalue weighted by molar-refractivity contribution is 5.55. The number of H-pyrrole nitrogens is 1. The van der Waals surface area contributed by atoms with Crippen LogP contribution in [0.4, 0.5) is 0 Å². The largest absolute Gasteiger partial charge is 0.318 e. The summed E-state index contributed by atoms with van der Waals surface area (Å²) in [5.41, 5.74) is 10.7. The van der Waals surface area contributed by atoms with Gasteiger partial charge in [0.05, 0.1) is 6.04 Å². The number of nitrogens with one attached hydrogen (secondary N) is 1. The van der Waals surface area contributed by atoms with Crippen molar-refractivity contribution in [1.82, 2.24) is 15.2 Å². The van der Waals surface area contributed by atoms with Gasteiger partial charge in [-0.15, -0.1) is 0 Å². The fourth-order valence-corrected chi connectivity index (χ4v) is 2.26. The molecule has 0 radical (unpaired) electrons. The van der Waals surface area contributed by atoms with E-state index in [0.717, 1.165) is 11.1 Å². The third kappa shape index (κ3) is 2.85. The van der Waals surface area contributed by atoms with Gasteiger partial charge in [-0.1, -0.05) is 53.6 Å². The molecule has 0 aliphatic carbocycles. The number of hydrogen-bond acceptors (Lipinski definition) is 3. The minimum atomic E-state index is -0.295. The van der Waals surface area contributed by atoms with Crippen LogP contribution in [0.5, 0.6) is 0 Å². The monoisotopic (exact) mass is 278 g/mol. The third-order valence-electron chi connectivity index (χ3n) is 3.51. The van der Waals surface area contributed by atoms with Crippen LogP contribution in [0.2, 0.25) is 0 Å². The lowest BCUT2D eigenvalue weighted by molar-refractivity contribution is 0.787. The molecular formula is C17H18N4. The Balaban J connectivity index is 1.89. The molecule has 0 amide bonds. The van der Waals surface area contributed by atoms with Gasteiger partial charge in [0.2, 0.25) is 0 Å². The molecule has 4 nitrogen and oxygen atoms in total. The molecule has 21 heavy (non-hydrogen) atoms. The average molecular weight is 278 g/mol. The molecular weight excluding hydrogens is 260 g/mol. The Kier molecular flexibility index (Phi) is 3.54. The standard InChI is InChI=1S/C17H18N4/c1-11-6-8-13(9-7-11)15(18)17-19-16(20-21-17)14-5-3-4-12(2)10-14/h3-10,15H,18H2,1-2H3,(H,19,20,21). The zero-order chi connectivity index (χ0) is 14.8. The van der Waals surface area contributed by atoms with Gasteiger partial charge in [-0.2, -0.15) is 5.10 Å². The molecule has 0 bridgehead atoms. The topological polar surface area (TPSA) is 67.6 Å². The van der Waals surface area contributed by atoms with Crippen molar-refractivity contribution in [3.8, 4) is 11.4 Å². The van der Waals surface area contributed by atoms with E-state index in [-0.39, 0.29) is 6.04 Å². The molecule has 4 heteroatoms. The van der Waals surface area contributed by atoms with Crippen molar-refractivity contribution >= 4 is 0 Å². The second-order valence-corrected chi connectivity index (χ2v) is 5.30. The molecule has 1 aromatic heterocycles. The van der Waals surface area contributed by atoms with E-state index in [2.05, 4.69) is 41.2 Å². The maximum absolute atomic E-state index is 6.25. The molecule has 2 aromatic carbocycles. The number of nitrogens with zero attached hydrogens (tertiary/aromatic N) is 2. The van der Waals surface area contributed by atoms with E-state index in [0.29, 0.717) is 11.6 Å². The van der Waals surface area contributed by atoms with Crippen molar-refractivity contribution in [2.75, 3.05) is 0 Å². The number of aromatic amines is 1. The Bertz CT molecular complexity index is 743. The van der Waals surface area contributed by atoms with Gasteiger partial charge in [-0.3, -0.25) is 5.10 Å². The predicted octanol–water partition coefficient (Wildman–Crippen LogP) is 3.14. The van der Waals surface area contributed by atoms with E-state index >= 15 is 0 Å². The summed E-state index contributed by atoms with van der Waals surface area (Å²) in [6.45, 7) is 4.11. The summed E-state index contributed by atoms with van der Waals surface area (Å²) in [5.74, 6) is 1.35. The van der Waals surface area contributed by atoms with Crippen LogP contribution in [-0.4, -0.2) is 15.2 Å². The van der Waals surface area contributed by atoms with Crippen LogP contribution in [0.3, 0.4) is 0 Å². The van der Waals surface area contributed by atoms with Crippen molar-refractivity contribution in [2.24, 2.45) is 5.73 Å². The quantitative estimate of drug-likeness (QED) is 0.773. The molecule has 3 rings (SSSR count). The fourth-order valence-electron chi connectivity index (χ4n) is 2.26. The summed E-state index contributed by atoms with van der Waals surface area (Å²) < 4.78 is 0. The number of rotatable bonds is 3. The lowest BCUT2D eigenvalue weighted by Gasteiger charge is -2.08. The molecule has 3 aromatic rings. The Morgan fingerprint density at radius 1 is 1.00 bits per heavy atom. The van der Waals surface area contributed by atoms with Crippen molar-refractivity contribution in [2.45, 2.75) is 19.9 Å². The van der Waals surface area contributed by atoms with Crippen LogP contribution >= 0.6 is 0 Å². The second-order valence-electron chi connectivity index (χ2n) is 5.30. The molecule has 1 unspecified atom stereocenters. The van der Waals surface area contributed by atoms with Crippen LogP contribution in [0, 0.1) is 13.8 Å². The Hall–Kier alpha value is -2.46. The van der Waals surface area contributed by atoms with Crippen molar-refractivity contribution in [3.63, 3.8) is 0 Å². The summed E-state index contributed by atoms with van der Waals surface area (Å²) in [6, 6.07) is 16.0. The maximum Gasteiger partial charge on any atom is 0.181 e. The fraction of sp³-hybridized carbons (Fsp3) is 0.176. The number of nitrogens with two attached hydrogens (primary N) is 1. The van der Waals surface area contributed by atoms with E-state index in [1.807, 2.05) is 36.4 Å². The SMILES string of the molecule is Cc1ccc(C(N)c2nc(-c3cccc(C)c3)n[nH]2)cc1. The molecule has 0 saturated carbocycles. The van der Waals surface area contributed by atoms with Gasteiger partial charge in [0.1, 0.15) is 5.82 Å². The predicted molar refractivity (Wildman–Crippen MR) is 83.8 cm³/mol. The lowest BCUT2D eigenvalue weighted by atomic mass is 10.1. The van der Waals surface area contributed by atoms with Crippen LogP contribution < -0.4 is 5.73 Å². The van der Waals surface area contributed by atoms with E-state index < -0.39 is 0 Å². The van der Waals surface area contributed by atoms with E-state index in [9.17, 15) is 0 Å². The second kappa shape index (κ2) is 5.50. The Morgan fingerprint density at radius 3 is 2.48 bits per heavy atom. The van der Waals surface area contributed by atoms with Crippen molar-refractivity contribution < 1.29 is 0 Å². The number of benzene rings is 2. The average Bonchev–Trinajstić information content (AvgIpc) is 2.97. The van der Waals surface area contributed by atoms with Gasteiger partial charge in [0.25, 0.3) is 0 Å². The molecule has 0 aliphatic rings. The Labute approximate surface area is 124 Å². The highest BCUT2D eigenvalue weighted by atomic mass is 15.2. The van der Waals surface area contributed by atoms with Crippen LogP contribution in [-0.2, 0) is 0 Å². The van der Waals surface area contributed by atoms with E-state index in [1.165, 1.54) is 11.1 Å². The molecule has 1 heterocycles. The summed E-state index contributed by atoms with van der Waals surface area (Å²) in [6.07, 6.45) is 0. The lowest BCUT2D eigenvalue weighted by Crippen LogP contribution is -2.13. The minimum absolute atomic E-state index is 0.295. The van der Waals surface area contributed by atoms with Gasteiger partial charge >= 0.3 is 0 Å². The summed E-state index contributed by atoms with van der Waals surface area (Å²) >= 11 is 0. The third-order valence-corrected chi connectivity index (χ3v) is 3.51. The summed E-state index contributed by atoms with van der Waals surface area (Å²) in [5, 5.41) is 7.23. The first-order chi connectivity index (χ1) is 10.1. The van der Waals surface area contributed by atoms with E-state index in [4.69, 9.17) is 5.73 Å². The highest BCUT2D eigenvalue weighted by Gasteiger charge is 2.14. The van der Waals surface area contributed by atoms with Gasteiger partial charge in [-0.25, -0.2) is 4.98 Å². The maximum atomic E-state index is 6.25. The van der Waals surface area contributed by atoms with Gasteiger partial charge in [-0.05, 0) is 25.5 Å². The molecule has 0 spiro atoms. The molecule has 1 atom stereocenters.